The van der Waals surface area contributed by atoms with Crippen LogP contribution in [0.15, 0.2) is 0 Å². The molecule has 4 nitrogen and oxygen atoms in total. The number of aliphatic hydroxyl groups excluding tert-OH is 1. The van der Waals surface area contributed by atoms with E-state index < -0.39 is 0 Å². The smallest absolute Gasteiger partial charge is 0.0793 e. The molecule has 0 radical (unpaired) electrons. The molecule has 0 bridgehead atoms. The van der Waals surface area contributed by atoms with Crippen molar-refractivity contribution in [3.63, 3.8) is 0 Å². The molecule has 3 rings (SSSR count). The van der Waals surface area contributed by atoms with Gasteiger partial charge in [0.1, 0.15) is 0 Å². The summed E-state index contributed by atoms with van der Waals surface area (Å²) in [7, 11) is 0. The molecule has 3 fully saturated rings. The fraction of sp³-hybridized carbons (Fsp3) is 1.00. The Labute approximate surface area is 142 Å². The molecule has 3 heterocycles. The number of hydrogen-bond acceptors (Lipinski definition) is 4. The first kappa shape index (κ1) is 17.7. The number of β-amino-alcohol motifs (C(OH)–C–C–N with tert-alkyl or cyclic N) is 1. The Hall–Kier alpha value is -0.160. The molecule has 0 aliphatic carbocycles. The van der Waals surface area contributed by atoms with Gasteiger partial charge in [-0.15, -0.1) is 0 Å². The van der Waals surface area contributed by atoms with Gasteiger partial charge in [0.2, 0.25) is 0 Å². The highest BCUT2D eigenvalue weighted by Crippen LogP contribution is 2.21. The van der Waals surface area contributed by atoms with Gasteiger partial charge >= 0.3 is 0 Å². The van der Waals surface area contributed by atoms with Crippen LogP contribution in [0.25, 0.3) is 0 Å². The zero-order valence-electron chi connectivity index (χ0n) is 15.1. The van der Waals surface area contributed by atoms with Crippen molar-refractivity contribution in [1.82, 2.24) is 14.7 Å². The Bertz CT molecular complexity index is 338. The van der Waals surface area contributed by atoms with Crippen molar-refractivity contribution in [2.24, 2.45) is 11.8 Å². The maximum atomic E-state index is 10.4. The van der Waals surface area contributed by atoms with Gasteiger partial charge in [-0.1, -0.05) is 13.3 Å². The maximum Gasteiger partial charge on any atom is 0.0793 e. The fourth-order valence-corrected chi connectivity index (χ4v) is 4.63. The average Bonchev–Trinajstić information content (AvgIpc) is 2.97. The van der Waals surface area contributed by atoms with Gasteiger partial charge in [0.25, 0.3) is 0 Å². The molecular weight excluding hydrogens is 286 g/mol. The van der Waals surface area contributed by atoms with Gasteiger partial charge in [0.15, 0.2) is 0 Å². The van der Waals surface area contributed by atoms with E-state index in [1.54, 1.807) is 0 Å². The zero-order valence-corrected chi connectivity index (χ0v) is 15.1. The van der Waals surface area contributed by atoms with E-state index >= 15 is 0 Å². The lowest BCUT2D eigenvalue weighted by atomic mass is 9.99. The molecule has 0 amide bonds. The molecular formula is C19H37N3O. The highest BCUT2D eigenvalue weighted by molar-refractivity contribution is 4.82. The first-order valence-electron chi connectivity index (χ1n) is 10.0. The fourth-order valence-electron chi connectivity index (χ4n) is 4.63. The van der Waals surface area contributed by atoms with Gasteiger partial charge in [-0.3, -0.25) is 0 Å². The first-order chi connectivity index (χ1) is 11.2. The largest absolute Gasteiger partial charge is 0.390 e. The number of likely N-dealkylation sites (tertiary alicyclic amines) is 3. The SMILES string of the molecule is CC1CCN(CC(O)CN2CCC(CN3CCCCC3)C2)CC1. The lowest BCUT2D eigenvalue weighted by Gasteiger charge is -2.32. The molecule has 0 spiro atoms. The highest BCUT2D eigenvalue weighted by Gasteiger charge is 2.27. The Morgan fingerprint density at radius 2 is 1.48 bits per heavy atom. The summed E-state index contributed by atoms with van der Waals surface area (Å²) in [6.45, 7) is 12.8. The molecule has 0 aromatic heterocycles. The van der Waals surface area contributed by atoms with Crippen molar-refractivity contribution in [1.29, 1.82) is 0 Å². The monoisotopic (exact) mass is 323 g/mol. The second-order valence-corrected chi connectivity index (χ2v) is 8.41. The van der Waals surface area contributed by atoms with Crippen LogP contribution in [0.1, 0.15) is 45.4 Å². The maximum absolute atomic E-state index is 10.4. The normalized spacial score (nSPS) is 30.8. The molecule has 3 saturated heterocycles. The third-order valence-electron chi connectivity index (χ3n) is 6.15. The van der Waals surface area contributed by atoms with Crippen LogP contribution in [0.5, 0.6) is 0 Å². The van der Waals surface area contributed by atoms with Crippen LogP contribution < -0.4 is 0 Å². The van der Waals surface area contributed by atoms with Gasteiger partial charge in [0, 0.05) is 26.2 Å². The third kappa shape index (κ3) is 5.70. The Kier molecular flexibility index (Phi) is 6.75. The Morgan fingerprint density at radius 3 is 2.22 bits per heavy atom. The van der Waals surface area contributed by atoms with Crippen LogP contribution in [-0.2, 0) is 0 Å². The molecule has 0 aromatic rings. The van der Waals surface area contributed by atoms with Crippen LogP contribution in [0.3, 0.4) is 0 Å². The van der Waals surface area contributed by atoms with Gasteiger partial charge < -0.3 is 19.8 Å². The van der Waals surface area contributed by atoms with Gasteiger partial charge in [-0.25, -0.2) is 0 Å². The van der Waals surface area contributed by atoms with E-state index in [1.165, 1.54) is 84.3 Å². The van der Waals surface area contributed by atoms with Crippen LogP contribution in [-0.4, -0.2) is 84.8 Å². The molecule has 2 atom stereocenters. The van der Waals surface area contributed by atoms with E-state index in [1.807, 2.05) is 0 Å². The second kappa shape index (κ2) is 8.80. The Morgan fingerprint density at radius 1 is 0.826 bits per heavy atom. The summed E-state index contributed by atoms with van der Waals surface area (Å²) in [5, 5.41) is 10.4. The van der Waals surface area contributed by atoms with Crippen molar-refractivity contribution in [2.75, 3.05) is 58.9 Å². The molecule has 23 heavy (non-hydrogen) atoms. The van der Waals surface area contributed by atoms with Gasteiger partial charge in [-0.2, -0.15) is 0 Å². The summed E-state index contributed by atoms with van der Waals surface area (Å²) in [6.07, 6.45) is 7.96. The molecule has 0 aromatic carbocycles. The van der Waals surface area contributed by atoms with E-state index in [-0.39, 0.29) is 6.10 Å². The number of nitrogens with zero attached hydrogens (tertiary/aromatic N) is 3. The van der Waals surface area contributed by atoms with Gasteiger partial charge in [0.05, 0.1) is 6.10 Å². The first-order valence-corrected chi connectivity index (χ1v) is 10.0. The van der Waals surface area contributed by atoms with Crippen LogP contribution in [0.4, 0.5) is 0 Å². The van der Waals surface area contributed by atoms with Crippen molar-refractivity contribution < 1.29 is 5.11 Å². The molecule has 4 heteroatoms. The molecule has 0 saturated carbocycles. The molecule has 3 aliphatic rings. The van der Waals surface area contributed by atoms with Crippen LogP contribution in [0, 0.1) is 11.8 Å². The summed E-state index contributed by atoms with van der Waals surface area (Å²) in [6, 6.07) is 0. The number of hydrogen-bond donors (Lipinski definition) is 1. The Balaban J connectivity index is 1.32. The minimum atomic E-state index is -0.169. The number of rotatable bonds is 6. The van der Waals surface area contributed by atoms with Crippen molar-refractivity contribution in [3.8, 4) is 0 Å². The number of piperidine rings is 2. The lowest BCUT2D eigenvalue weighted by molar-refractivity contribution is 0.0658. The molecule has 134 valence electrons. The van der Waals surface area contributed by atoms with Crippen LogP contribution in [0.2, 0.25) is 0 Å². The van der Waals surface area contributed by atoms with E-state index in [9.17, 15) is 5.11 Å². The van der Waals surface area contributed by atoms with Crippen molar-refractivity contribution >= 4 is 0 Å². The predicted molar refractivity (Wildman–Crippen MR) is 95.7 cm³/mol. The van der Waals surface area contributed by atoms with Crippen molar-refractivity contribution in [3.05, 3.63) is 0 Å². The highest BCUT2D eigenvalue weighted by atomic mass is 16.3. The summed E-state index contributed by atoms with van der Waals surface area (Å²) in [4.78, 5) is 7.64. The van der Waals surface area contributed by atoms with Gasteiger partial charge in [-0.05, 0) is 76.7 Å². The second-order valence-electron chi connectivity index (χ2n) is 8.41. The predicted octanol–water partition coefficient (Wildman–Crippen LogP) is 1.89. The van der Waals surface area contributed by atoms with E-state index in [0.717, 1.165) is 24.9 Å². The summed E-state index contributed by atoms with van der Waals surface area (Å²) < 4.78 is 0. The quantitative estimate of drug-likeness (QED) is 0.808. The number of aliphatic hydroxyl groups is 1. The molecule has 3 aliphatic heterocycles. The van der Waals surface area contributed by atoms with E-state index in [2.05, 4.69) is 21.6 Å². The topological polar surface area (TPSA) is 30.0 Å². The summed E-state index contributed by atoms with van der Waals surface area (Å²) in [5.41, 5.74) is 0. The minimum absolute atomic E-state index is 0.169. The molecule has 2 unspecified atom stereocenters. The average molecular weight is 324 g/mol. The van der Waals surface area contributed by atoms with E-state index in [4.69, 9.17) is 0 Å². The van der Waals surface area contributed by atoms with Crippen molar-refractivity contribution in [2.45, 2.75) is 51.6 Å². The minimum Gasteiger partial charge on any atom is -0.390 e. The summed E-state index contributed by atoms with van der Waals surface area (Å²) in [5.74, 6) is 1.70. The standard InChI is InChI=1S/C19H37N3O/c1-17-5-10-21(11-6-17)15-19(23)16-22-12-7-18(14-22)13-20-8-3-2-4-9-20/h17-19,23H,2-16H2,1H3. The zero-order chi connectivity index (χ0) is 16.1. The molecule has 1 N–H and O–H groups in total. The third-order valence-corrected chi connectivity index (χ3v) is 6.15. The van der Waals surface area contributed by atoms with Crippen LogP contribution >= 0.6 is 0 Å². The lowest BCUT2D eigenvalue weighted by Crippen LogP contribution is -2.43. The van der Waals surface area contributed by atoms with E-state index in [0.29, 0.717) is 0 Å². The summed E-state index contributed by atoms with van der Waals surface area (Å²) >= 11 is 0.